The summed E-state index contributed by atoms with van der Waals surface area (Å²) in [5.41, 5.74) is 0.823. The number of benzene rings is 3. The molecule has 3 aromatic carbocycles. The lowest BCUT2D eigenvalue weighted by atomic mass is 10.2. The molecule has 0 bridgehead atoms. The quantitative estimate of drug-likeness (QED) is 0.626. The minimum absolute atomic E-state index is 0.0671. The highest BCUT2D eigenvalue weighted by Gasteiger charge is 2.37. The number of carbonyl (C=O) groups excluding carboxylic acids is 1. The van der Waals surface area contributed by atoms with Gasteiger partial charge in [0, 0.05) is 5.02 Å². The van der Waals surface area contributed by atoms with Crippen LogP contribution in [0.15, 0.2) is 77.7 Å². The van der Waals surface area contributed by atoms with Crippen LogP contribution in [0.4, 0.5) is 11.4 Å². The van der Waals surface area contributed by atoms with Crippen LogP contribution in [0, 0.1) is 0 Å². The molecule has 1 unspecified atom stereocenters. The van der Waals surface area contributed by atoms with Crippen molar-refractivity contribution in [3.05, 3.63) is 77.8 Å². The molecule has 3 aromatic rings. The van der Waals surface area contributed by atoms with Crippen LogP contribution in [-0.2, 0) is 14.8 Å². The summed E-state index contributed by atoms with van der Waals surface area (Å²) in [7, 11) is -2.46. The molecule has 0 fully saturated rings. The van der Waals surface area contributed by atoms with Crippen LogP contribution < -0.4 is 19.1 Å². The van der Waals surface area contributed by atoms with Gasteiger partial charge in [-0.25, -0.2) is 8.42 Å². The molecule has 1 atom stereocenters. The van der Waals surface area contributed by atoms with Crippen LogP contribution in [0.1, 0.15) is 0 Å². The van der Waals surface area contributed by atoms with Crippen molar-refractivity contribution in [2.75, 3.05) is 23.3 Å². The van der Waals surface area contributed by atoms with E-state index in [1.54, 1.807) is 48.5 Å². The van der Waals surface area contributed by atoms with Crippen molar-refractivity contribution in [1.29, 1.82) is 0 Å². The van der Waals surface area contributed by atoms with E-state index in [9.17, 15) is 13.2 Å². The third kappa shape index (κ3) is 4.17. The summed E-state index contributed by atoms with van der Waals surface area (Å²) < 4.78 is 39.0. The second kappa shape index (κ2) is 8.49. The highest BCUT2D eigenvalue weighted by atomic mass is 35.5. The number of amides is 1. The van der Waals surface area contributed by atoms with Crippen LogP contribution in [0.5, 0.6) is 11.5 Å². The fourth-order valence-electron chi connectivity index (χ4n) is 3.26. The van der Waals surface area contributed by atoms with E-state index in [0.717, 1.165) is 0 Å². The van der Waals surface area contributed by atoms with Crippen molar-refractivity contribution in [2.24, 2.45) is 0 Å². The predicted octanol–water partition coefficient (Wildman–Crippen LogP) is 3.94. The summed E-state index contributed by atoms with van der Waals surface area (Å²) in [5, 5.41) is 3.18. The van der Waals surface area contributed by atoms with Gasteiger partial charge in [0.1, 0.15) is 11.5 Å². The van der Waals surface area contributed by atoms with Gasteiger partial charge in [0.05, 0.1) is 29.9 Å². The van der Waals surface area contributed by atoms with Crippen LogP contribution >= 0.6 is 11.6 Å². The molecule has 0 aromatic heterocycles. The number of anilines is 2. The Morgan fingerprint density at radius 2 is 1.74 bits per heavy atom. The largest absolute Gasteiger partial charge is 0.495 e. The minimum Gasteiger partial charge on any atom is -0.495 e. The second-order valence-corrected chi connectivity index (χ2v) is 9.05. The first kappa shape index (κ1) is 21.0. The van der Waals surface area contributed by atoms with E-state index >= 15 is 0 Å². The first-order valence-corrected chi connectivity index (χ1v) is 11.2. The Bertz CT molecular complexity index is 1210. The van der Waals surface area contributed by atoms with Crippen molar-refractivity contribution in [2.45, 2.75) is 11.0 Å². The Balaban J connectivity index is 1.67. The molecule has 1 aliphatic heterocycles. The number of nitrogens with zero attached hydrogens (tertiary/aromatic N) is 1. The second-order valence-electron chi connectivity index (χ2n) is 6.75. The standard InChI is InChI=1S/C22H19ClN2O5S/c1-29-19-8-4-2-6-17(19)24-22(26)21-14-25(18-7-3-5-9-20(18)30-21)31(27,28)16-12-10-15(23)11-13-16/h2-13,21H,14H2,1H3,(H,24,26). The topological polar surface area (TPSA) is 84.9 Å². The van der Waals surface area contributed by atoms with Crippen molar-refractivity contribution in [3.8, 4) is 11.5 Å². The Morgan fingerprint density at radius 3 is 2.48 bits per heavy atom. The van der Waals surface area contributed by atoms with Gasteiger partial charge >= 0.3 is 0 Å². The van der Waals surface area contributed by atoms with E-state index in [1.165, 1.54) is 35.7 Å². The number of methoxy groups -OCH3 is 1. The van der Waals surface area contributed by atoms with Gasteiger partial charge in [-0.05, 0) is 48.5 Å². The molecule has 1 heterocycles. The zero-order valence-corrected chi connectivity index (χ0v) is 18.1. The maximum atomic E-state index is 13.4. The van der Waals surface area contributed by atoms with E-state index in [4.69, 9.17) is 21.1 Å². The zero-order chi connectivity index (χ0) is 22.0. The molecule has 9 heteroatoms. The smallest absolute Gasteiger partial charge is 0.267 e. The normalized spacial score (nSPS) is 15.5. The third-order valence-corrected chi connectivity index (χ3v) is 6.84. The van der Waals surface area contributed by atoms with Crippen LogP contribution in [0.3, 0.4) is 0 Å². The molecule has 0 aliphatic carbocycles. The Labute approximate surface area is 185 Å². The Kier molecular flexibility index (Phi) is 5.75. The Hall–Kier alpha value is -3.23. The van der Waals surface area contributed by atoms with Gasteiger partial charge in [-0.1, -0.05) is 35.9 Å². The number of carbonyl (C=O) groups is 1. The number of halogens is 1. The lowest BCUT2D eigenvalue weighted by Crippen LogP contribution is -2.48. The number of ether oxygens (including phenoxy) is 2. The Morgan fingerprint density at radius 1 is 1.06 bits per heavy atom. The SMILES string of the molecule is COc1ccccc1NC(=O)C1CN(S(=O)(=O)c2ccc(Cl)cc2)c2ccccc2O1. The van der Waals surface area contributed by atoms with Gasteiger partial charge in [-0.3, -0.25) is 9.10 Å². The molecule has 7 nitrogen and oxygen atoms in total. The molecule has 0 saturated carbocycles. The van der Waals surface area contributed by atoms with Gasteiger partial charge in [0.15, 0.2) is 6.10 Å². The van der Waals surface area contributed by atoms with Crippen LogP contribution in [0.2, 0.25) is 5.02 Å². The maximum Gasteiger partial charge on any atom is 0.267 e. The van der Waals surface area contributed by atoms with Crippen molar-refractivity contribution in [3.63, 3.8) is 0 Å². The van der Waals surface area contributed by atoms with Crippen LogP contribution in [0.25, 0.3) is 0 Å². The van der Waals surface area contributed by atoms with E-state index in [0.29, 0.717) is 27.9 Å². The monoisotopic (exact) mass is 458 g/mol. The van der Waals surface area contributed by atoms with E-state index in [1.807, 2.05) is 0 Å². The lowest BCUT2D eigenvalue weighted by Gasteiger charge is -2.34. The zero-order valence-electron chi connectivity index (χ0n) is 16.5. The first-order chi connectivity index (χ1) is 14.9. The molecule has 160 valence electrons. The van der Waals surface area contributed by atoms with E-state index < -0.39 is 22.0 Å². The summed E-state index contributed by atoms with van der Waals surface area (Å²) in [6, 6.07) is 19.5. The number of sulfonamides is 1. The van der Waals surface area contributed by atoms with Gasteiger partial charge in [0.25, 0.3) is 15.9 Å². The number of fused-ring (bicyclic) bond motifs is 1. The maximum absolute atomic E-state index is 13.4. The molecule has 4 rings (SSSR count). The third-order valence-electron chi connectivity index (χ3n) is 4.79. The number of nitrogens with one attached hydrogen (secondary N) is 1. The van der Waals surface area contributed by atoms with Gasteiger partial charge < -0.3 is 14.8 Å². The molecule has 1 aliphatic rings. The minimum atomic E-state index is -3.95. The molecule has 31 heavy (non-hydrogen) atoms. The summed E-state index contributed by atoms with van der Waals surface area (Å²) in [4.78, 5) is 13.0. The highest BCUT2D eigenvalue weighted by Crippen LogP contribution is 2.37. The number of hydrogen-bond acceptors (Lipinski definition) is 5. The molecule has 1 amide bonds. The van der Waals surface area contributed by atoms with Crippen molar-refractivity contribution >= 4 is 38.9 Å². The molecular formula is C22H19ClN2O5S. The molecule has 0 saturated heterocycles. The average Bonchev–Trinajstić information content (AvgIpc) is 2.79. The van der Waals surface area contributed by atoms with E-state index in [-0.39, 0.29) is 11.4 Å². The molecule has 0 radical (unpaired) electrons. The number of rotatable bonds is 5. The first-order valence-electron chi connectivity index (χ1n) is 9.38. The summed E-state index contributed by atoms with van der Waals surface area (Å²) in [5.74, 6) is 0.291. The van der Waals surface area contributed by atoms with E-state index in [2.05, 4.69) is 5.32 Å². The van der Waals surface area contributed by atoms with Crippen LogP contribution in [-0.4, -0.2) is 34.1 Å². The summed E-state index contributed by atoms with van der Waals surface area (Å²) >= 11 is 5.90. The molecular weight excluding hydrogens is 440 g/mol. The number of hydrogen-bond donors (Lipinski definition) is 1. The number of para-hydroxylation sites is 4. The summed E-state index contributed by atoms with van der Waals surface area (Å²) in [6.45, 7) is -0.192. The fourth-order valence-corrected chi connectivity index (χ4v) is 4.86. The van der Waals surface area contributed by atoms with Crippen molar-refractivity contribution < 1.29 is 22.7 Å². The summed E-state index contributed by atoms with van der Waals surface area (Å²) in [6.07, 6.45) is -1.07. The molecule has 0 spiro atoms. The van der Waals surface area contributed by atoms with Gasteiger partial charge in [0.2, 0.25) is 0 Å². The molecule has 1 N–H and O–H groups in total. The van der Waals surface area contributed by atoms with Crippen molar-refractivity contribution in [1.82, 2.24) is 0 Å². The van der Waals surface area contributed by atoms with Gasteiger partial charge in [-0.2, -0.15) is 0 Å². The highest BCUT2D eigenvalue weighted by molar-refractivity contribution is 7.92. The predicted molar refractivity (Wildman–Crippen MR) is 118 cm³/mol. The average molecular weight is 459 g/mol. The lowest BCUT2D eigenvalue weighted by molar-refractivity contribution is -0.122. The van der Waals surface area contributed by atoms with Gasteiger partial charge in [-0.15, -0.1) is 0 Å². The fraction of sp³-hybridized carbons (Fsp3) is 0.136.